The smallest absolute Gasteiger partial charge is 0.0443 e. The highest BCUT2D eigenvalue weighted by atomic mass is 14.1. The Morgan fingerprint density at radius 2 is 1.12 bits per heavy atom. The van der Waals surface area contributed by atoms with E-state index in [0.717, 1.165) is 17.8 Å². The number of hydrogen-bond acceptors (Lipinski definition) is 0. The van der Waals surface area contributed by atoms with Gasteiger partial charge < -0.3 is 0 Å². The molecular formula is C17H36. The molecule has 0 aliphatic rings. The van der Waals surface area contributed by atoms with Crippen molar-refractivity contribution in [2.45, 2.75) is 92.4 Å². The average molecular weight is 240 g/mol. The summed E-state index contributed by atoms with van der Waals surface area (Å²) in [6, 6.07) is 0. The summed E-state index contributed by atoms with van der Waals surface area (Å²) in [6.45, 7) is 11.8. The number of unbranched alkanes of at least 4 members (excludes halogenated alkanes) is 2. The lowest BCUT2D eigenvalue weighted by Gasteiger charge is -2.13. The SMILES string of the molecule is CCC(C)CCCC(C)CCCCCC(C)C. The summed E-state index contributed by atoms with van der Waals surface area (Å²) in [6.07, 6.45) is 12.9. The Kier molecular flexibility index (Phi) is 11.1. The van der Waals surface area contributed by atoms with Gasteiger partial charge in [0.2, 0.25) is 0 Å². The molecule has 0 bridgehead atoms. The van der Waals surface area contributed by atoms with Crippen LogP contribution in [0.2, 0.25) is 0 Å². The molecule has 17 heavy (non-hydrogen) atoms. The minimum atomic E-state index is 0.892. The van der Waals surface area contributed by atoms with Crippen LogP contribution in [-0.4, -0.2) is 0 Å². The summed E-state index contributed by atoms with van der Waals surface area (Å²) in [5.41, 5.74) is 0. The molecule has 0 radical (unpaired) electrons. The van der Waals surface area contributed by atoms with Crippen LogP contribution < -0.4 is 0 Å². The number of hydrogen-bond donors (Lipinski definition) is 0. The van der Waals surface area contributed by atoms with Gasteiger partial charge in [0.1, 0.15) is 0 Å². The van der Waals surface area contributed by atoms with Gasteiger partial charge in [-0.3, -0.25) is 0 Å². The van der Waals surface area contributed by atoms with Gasteiger partial charge in [0.15, 0.2) is 0 Å². The molecule has 0 aromatic rings. The highest BCUT2D eigenvalue weighted by Crippen LogP contribution is 2.19. The van der Waals surface area contributed by atoms with Gasteiger partial charge in [-0.05, 0) is 17.8 Å². The highest BCUT2D eigenvalue weighted by molar-refractivity contribution is 4.57. The van der Waals surface area contributed by atoms with Gasteiger partial charge in [0, 0.05) is 0 Å². The van der Waals surface area contributed by atoms with Gasteiger partial charge in [-0.1, -0.05) is 92.4 Å². The molecule has 104 valence electrons. The standard InChI is InChI=1S/C17H36/c1-6-16(4)13-10-14-17(5)12-9-7-8-11-15(2)3/h15-17H,6-14H2,1-5H3. The summed E-state index contributed by atoms with van der Waals surface area (Å²) in [5.74, 6) is 2.79. The van der Waals surface area contributed by atoms with Crippen LogP contribution in [0, 0.1) is 17.8 Å². The minimum Gasteiger partial charge on any atom is -0.0651 e. The Hall–Kier alpha value is 0. The summed E-state index contributed by atoms with van der Waals surface area (Å²) in [7, 11) is 0. The van der Waals surface area contributed by atoms with E-state index in [2.05, 4.69) is 34.6 Å². The van der Waals surface area contributed by atoms with Crippen LogP contribution in [0.1, 0.15) is 92.4 Å². The van der Waals surface area contributed by atoms with E-state index in [0.29, 0.717) is 0 Å². The van der Waals surface area contributed by atoms with Gasteiger partial charge >= 0.3 is 0 Å². The Bertz CT molecular complexity index is 148. The second kappa shape index (κ2) is 11.1. The topological polar surface area (TPSA) is 0 Å². The third kappa shape index (κ3) is 12.2. The van der Waals surface area contributed by atoms with E-state index in [9.17, 15) is 0 Å². The van der Waals surface area contributed by atoms with Crippen LogP contribution in [0.25, 0.3) is 0 Å². The van der Waals surface area contributed by atoms with Crippen molar-refractivity contribution in [1.29, 1.82) is 0 Å². The van der Waals surface area contributed by atoms with E-state index in [1.807, 2.05) is 0 Å². The fourth-order valence-electron chi connectivity index (χ4n) is 2.39. The number of rotatable bonds is 11. The largest absolute Gasteiger partial charge is 0.0651 e. The summed E-state index contributed by atoms with van der Waals surface area (Å²) in [4.78, 5) is 0. The molecule has 0 fully saturated rings. The molecule has 0 aliphatic carbocycles. The zero-order chi connectivity index (χ0) is 13.1. The maximum Gasteiger partial charge on any atom is -0.0443 e. The first-order chi connectivity index (χ1) is 8.06. The fourth-order valence-corrected chi connectivity index (χ4v) is 2.39. The van der Waals surface area contributed by atoms with Crippen LogP contribution in [0.3, 0.4) is 0 Å². The third-order valence-electron chi connectivity index (χ3n) is 4.07. The van der Waals surface area contributed by atoms with Crippen molar-refractivity contribution in [3.63, 3.8) is 0 Å². The average Bonchev–Trinajstić information content (AvgIpc) is 2.27. The van der Waals surface area contributed by atoms with E-state index in [-0.39, 0.29) is 0 Å². The molecule has 0 heteroatoms. The van der Waals surface area contributed by atoms with Crippen molar-refractivity contribution < 1.29 is 0 Å². The second-order valence-electron chi connectivity index (χ2n) is 6.58. The molecule has 0 nitrogen and oxygen atoms in total. The summed E-state index contributed by atoms with van der Waals surface area (Å²) < 4.78 is 0. The van der Waals surface area contributed by atoms with Gasteiger partial charge in [-0.2, -0.15) is 0 Å². The van der Waals surface area contributed by atoms with E-state index in [4.69, 9.17) is 0 Å². The van der Waals surface area contributed by atoms with Crippen LogP contribution in [0.15, 0.2) is 0 Å². The van der Waals surface area contributed by atoms with Crippen molar-refractivity contribution >= 4 is 0 Å². The Labute approximate surface area is 111 Å². The molecule has 2 unspecified atom stereocenters. The van der Waals surface area contributed by atoms with Crippen LogP contribution >= 0.6 is 0 Å². The molecule has 0 aliphatic heterocycles. The summed E-state index contributed by atoms with van der Waals surface area (Å²) in [5, 5.41) is 0. The van der Waals surface area contributed by atoms with Gasteiger partial charge in [-0.15, -0.1) is 0 Å². The van der Waals surface area contributed by atoms with Gasteiger partial charge in [0.05, 0.1) is 0 Å². The van der Waals surface area contributed by atoms with Crippen LogP contribution in [-0.2, 0) is 0 Å². The molecule has 0 saturated heterocycles. The van der Waals surface area contributed by atoms with Crippen molar-refractivity contribution in [3.05, 3.63) is 0 Å². The molecule has 0 N–H and O–H groups in total. The normalized spacial score (nSPS) is 15.2. The van der Waals surface area contributed by atoms with Gasteiger partial charge in [-0.25, -0.2) is 0 Å². The van der Waals surface area contributed by atoms with Crippen LogP contribution in [0.5, 0.6) is 0 Å². The first-order valence-corrected chi connectivity index (χ1v) is 8.06. The summed E-state index contributed by atoms with van der Waals surface area (Å²) >= 11 is 0. The van der Waals surface area contributed by atoms with E-state index in [1.54, 1.807) is 0 Å². The lowest BCUT2D eigenvalue weighted by atomic mass is 9.93. The quantitative estimate of drug-likeness (QED) is 0.364. The van der Waals surface area contributed by atoms with Gasteiger partial charge in [0.25, 0.3) is 0 Å². The second-order valence-corrected chi connectivity index (χ2v) is 6.58. The third-order valence-corrected chi connectivity index (χ3v) is 4.07. The van der Waals surface area contributed by atoms with E-state index in [1.165, 1.54) is 57.8 Å². The lowest BCUT2D eigenvalue weighted by Crippen LogP contribution is -1.98. The van der Waals surface area contributed by atoms with Crippen molar-refractivity contribution in [3.8, 4) is 0 Å². The molecule has 0 spiro atoms. The molecule has 0 aromatic heterocycles. The lowest BCUT2D eigenvalue weighted by molar-refractivity contribution is 0.402. The Morgan fingerprint density at radius 3 is 1.71 bits per heavy atom. The molecule has 0 rings (SSSR count). The molecule has 2 atom stereocenters. The Morgan fingerprint density at radius 1 is 0.588 bits per heavy atom. The van der Waals surface area contributed by atoms with Crippen molar-refractivity contribution in [1.82, 2.24) is 0 Å². The van der Waals surface area contributed by atoms with Crippen LogP contribution in [0.4, 0.5) is 0 Å². The zero-order valence-electron chi connectivity index (χ0n) is 13.1. The first-order valence-electron chi connectivity index (χ1n) is 8.06. The monoisotopic (exact) mass is 240 g/mol. The van der Waals surface area contributed by atoms with E-state index >= 15 is 0 Å². The molecule has 0 amide bonds. The minimum absolute atomic E-state index is 0.892. The van der Waals surface area contributed by atoms with E-state index < -0.39 is 0 Å². The van der Waals surface area contributed by atoms with Crippen molar-refractivity contribution in [2.24, 2.45) is 17.8 Å². The van der Waals surface area contributed by atoms with Crippen molar-refractivity contribution in [2.75, 3.05) is 0 Å². The highest BCUT2D eigenvalue weighted by Gasteiger charge is 2.04. The molecule has 0 saturated carbocycles. The molecular weight excluding hydrogens is 204 g/mol. The zero-order valence-corrected chi connectivity index (χ0v) is 13.1. The maximum absolute atomic E-state index is 2.44. The predicted octanol–water partition coefficient (Wildman–Crippen LogP) is 6.45. The fraction of sp³-hybridized carbons (Fsp3) is 1.00. The molecule has 0 heterocycles. The first kappa shape index (κ1) is 17.0. The predicted molar refractivity (Wildman–Crippen MR) is 80.4 cm³/mol. The Balaban J connectivity index is 3.26. The maximum atomic E-state index is 2.44. The molecule has 0 aromatic carbocycles.